The monoisotopic (exact) mass is 837 g/mol. The number of benzene rings is 12. The average molecular weight is 838 g/mol. The molecule has 1 aliphatic heterocycles. The van der Waals surface area contributed by atoms with Gasteiger partial charge in [-0.1, -0.05) is 237 Å². The Kier molecular flexibility index (Phi) is 8.99. The van der Waals surface area contributed by atoms with Crippen LogP contribution >= 0.6 is 0 Å². The van der Waals surface area contributed by atoms with Gasteiger partial charge in [-0.3, -0.25) is 0 Å². The summed E-state index contributed by atoms with van der Waals surface area (Å²) >= 11 is 0. The van der Waals surface area contributed by atoms with E-state index in [2.05, 4.69) is 248 Å². The molecule has 0 atom stereocenters. The highest BCUT2D eigenvalue weighted by Crippen LogP contribution is 2.46. The number of hydrogen-bond donors (Lipinski definition) is 1. The third-order valence-corrected chi connectivity index (χ3v) is 13.9. The summed E-state index contributed by atoms with van der Waals surface area (Å²) in [4.78, 5) is 0. The van der Waals surface area contributed by atoms with Gasteiger partial charge in [-0.25, -0.2) is 0 Å². The Balaban J connectivity index is 0.955. The molecule has 1 heterocycles. The Morgan fingerprint density at radius 3 is 0.742 bits per heavy atom. The van der Waals surface area contributed by atoms with Gasteiger partial charge in [-0.05, 0) is 126 Å². The van der Waals surface area contributed by atoms with E-state index in [9.17, 15) is 0 Å². The smallest absolute Gasteiger partial charge is 0.0334 e. The van der Waals surface area contributed by atoms with E-state index in [1.54, 1.807) is 0 Å². The molecule has 0 saturated heterocycles. The summed E-state index contributed by atoms with van der Waals surface area (Å²) < 4.78 is 0. The van der Waals surface area contributed by atoms with Crippen LogP contribution in [-0.4, -0.2) is 6.54 Å². The molecule has 13 rings (SSSR count). The Labute approximate surface area is 383 Å². The summed E-state index contributed by atoms with van der Waals surface area (Å²) in [6, 6.07) is 84.9. The molecule has 0 aliphatic carbocycles. The molecule has 1 nitrogen and oxygen atoms in total. The first-order valence-corrected chi connectivity index (χ1v) is 23.0. The van der Waals surface area contributed by atoms with Crippen molar-refractivity contribution in [2.24, 2.45) is 0 Å². The van der Waals surface area contributed by atoms with Crippen LogP contribution in [0.1, 0.15) is 0 Å². The van der Waals surface area contributed by atoms with Crippen molar-refractivity contribution in [2.75, 3.05) is 6.54 Å². The maximum Gasteiger partial charge on any atom is 0.0334 e. The van der Waals surface area contributed by atoms with Crippen LogP contribution < -0.4 is 15.8 Å². The van der Waals surface area contributed by atoms with Gasteiger partial charge in [0.25, 0.3) is 0 Å². The van der Waals surface area contributed by atoms with Gasteiger partial charge in [0.2, 0.25) is 0 Å². The topological polar surface area (TPSA) is 12.0 Å². The number of fused-ring (bicyclic) bond motifs is 6. The predicted octanol–water partition coefficient (Wildman–Crippen LogP) is 15.6. The highest BCUT2D eigenvalue weighted by Gasteiger charge is 2.21. The van der Waals surface area contributed by atoms with Gasteiger partial charge in [-0.2, -0.15) is 0 Å². The zero-order valence-corrected chi connectivity index (χ0v) is 36.3. The first-order chi connectivity index (χ1) is 32.8. The average Bonchev–Trinajstić information content (AvgIpc) is 3.39. The van der Waals surface area contributed by atoms with Crippen LogP contribution in [0.5, 0.6) is 0 Å². The fourth-order valence-electron chi connectivity index (χ4n) is 11.1. The second kappa shape index (κ2) is 15.6. The highest BCUT2D eigenvalue weighted by atomic mass is 14.8. The van der Waals surface area contributed by atoms with Crippen molar-refractivity contribution in [3.63, 3.8) is 0 Å². The summed E-state index contributed by atoms with van der Waals surface area (Å²) in [5.41, 5.74) is 15.0. The van der Waals surface area contributed by atoms with E-state index in [1.807, 2.05) is 0 Å². The van der Waals surface area contributed by atoms with Gasteiger partial charge in [-0.15, -0.1) is 0 Å². The molecule has 0 fully saturated rings. The second-order valence-corrected chi connectivity index (χ2v) is 17.4. The molecule has 0 radical (unpaired) electrons. The predicted molar refractivity (Wildman–Crippen MR) is 283 cm³/mol. The fourth-order valence-corrected chi connectivity index (χ4v) is 11.1. The molecular formula is C65H43N. The minimum Gasteiger partial charge on any atom is -0.387 e. The van der Waals surface area contributed by atoms with Crippen LogP contribution in [0.15, 0.2) is 231 Å². The lowest BCUT2D eigenvalue weighted by Gasteiger charge is -2.20. The first kappa shape index (κ1) is 38.0. The SMILES string of the molecule is C1=c2c(-c3ccc(-c4c5ccccc5c(-c5ccccc5)c5ccccc45)cc3)c3ccccc3c(-c3ccc(-c4c5ccccc5c(-c5ccccc5)c5ccccc45)cc3)c2=CNC1. The lowest BCUT2D eigenvalue weighted by Crippen LogP contribution is -2.36. The Morgan fingerprint density at radius 1 is 0.212 bits per heavy atom. The molecule has 1 heteroatoms. The van der Waals surface area contributed by atoms with E-state index in [0.29, 0.717) is 0 Å². The van der Waals surface area contributed by atoms with Crippen molar-refractivity contribution < 1.29 is 0 Å². The summed E-state index contributed by atoms with van der Waals surface area (Å²) in [6.07, 6.45) is 4.61. The number of rotatable bonds is 6. The van der Waals surface area contributed by atoms with E-state index < -0.39 is 0 Å². The molecule has 0 saturated carbocycles. The molecule has 1 aliphatic rings. The van der Waals surface area contributed by atoms with Crippen molar-refractivity contribution >= 4 is 66.1 Å². The van der Waals surface area contributed by atoms with E-state index in [-0.39, 0.29) is 0 Å². The zero-order valence-electron chi connectivity index (χ0n) is 36.3. The van der Waals surface area contributed by atoms with Crippen molar-refractivity contribution in [1.29, 1.82) is 0 Å². The molecule has 0 unspecified atom stereocenters. The van der Waals surface area contributed by atoms with Crippen LogP contribution in [0, 0.1) is 0 Å². The lowest BCUT2D eigenvalue weighted by molar-refractivity contribution is 1.06. The maximum absolute atomic E-state index is 3.59. The van der Waals surface area contributed by atoms with Gasteiger partial charge < -0.3 is 5.32 Å². The largest absolute Gasteiger partial charge is 0.387 e. The van der Waals surface area contributed by atoms with Gasteiger partial charge in [0.15, 0.2) is 0 Å². The number of nitrogens with one attached hydrogen (secondary N) is 1. The molecule has 0 amide bonds. The molecule has 66 heavy (non-hydrogen) atoms. The van der Waals surface area contributed by atoms with Crippen molar-refractivity contribution in [3.8, 4) is 66.8 Å². The molecule has 0 bridgehead atoms. The van der Waals surface area contributed by atoms with Gasteiger partial charge in [0, 0.05) is 18.0 Å². The van der Waals surface area contributed by atoms with Crippen molar-refractivity contribution in [2.45, 2.75) is 0 Å². The molecule has 1 N–H and O–H groups in total. The Hall–Kier alpha value is -8.52. The third-order valence-electron chi connectivity index (χ3n) is 13.9. The molecule has 308 valence electrons. The summed E-state index contributed by atoms with van der Waals surface area (Å²) in [5, 5.41) is 18.7. The van der Waals surface area contributed by atoms with E-state index in [0.717, 1.165) is 6.54 Å². The Morgan fingerprint density at radius 2 is 0.439 bits per heavy atom. The van der Waals surface area contributed by atoms with Gasteiger partial charge >= 0.3 is 0 Å². The lowest BCUT2D eigenvalue weighted by atomic mass is 9.84. The molecule has 0 spiro atoms. The van der Waals surface area contributed by atoms with E-state index in [4.69, 9.17) is 0 Å². The van der Waals surface area contributed by atoms with Gasteiger partial charge in [0.05, 0.1) is 0 Å². The summed E-state index contributed by atoms with van der Waals surface area (Å²) in [6.45, 7) is 0.777. The van der Waals surface area contributed by atoms with Crippen LogP contribution in [0.25, 0.3) is 133 Å². The van der Waals surface area contributed by atoms with Crippen molar-refractivity contribution in [3.05, 3.63) is 241 Å². The Bertz CT molecular complexity index is 3620. The third kappa shape index (κ3) is 6.01. The van der Waals surface area contributed by atoms with Crippen LogP contribution in [0.4, 0.5) is 0 Å². The van der Waals surface area contributed by atoms with E-state index >= 15 is 0 Å². The summed E-state index contributed by atoms with van der Waals surface area (Å²) in [5.74, 6) is 0. The zero-order chi connectivity index (χ0) is 43.6. The quantitative estimate of drug-likeness (QED) is 0.165. The first-order valence-electron chi connectivity index (χ1n) is 23.0. The molecular weight excluding hydrogens is 795 g/mol. The molecule has 12 aromatic rings. The van der Waals surface area contributed by atoms with Crippen molar-refractivity contribution in [1.82, 2.24) is 5.32 Å². The molecule has 0 aromatic heterocycles. The fraction of sp³-hybridized carbons (Fsp3) is 0.0154. The summed E-state index contributed by atoms with van der Waals surface area (Å²) in [7, 11) is 0. The van der Waals surface area contributed by atoms with Crippen LogP contribution in [-0.2, 0) is 0 Å². The maximum atomic E-state index is 3.59. The van der Waals surface area contributed by atoms with Gasteiger partial charge in [0.1, 0.15) is 0 Å². The molecule has 12 aromatic carbocycles. The van der Waals surface area contributed by atoms with Crippen LogP contribution in [0.2, 0.25) is 0 Å². The minimum atomic E-state index is 0.777. The minimum absolute atomic E-state index is 0.777. The van der Waals surface area contributed by atoms with E-state index in [1.165, 1.54) is 131 Å². The second-order valence-electron chi connectivity index (χ2n) is 17.4. The van der Waals surface area contributed by atoms with Crippen LogP contribution in [0.3, 0.4) is 0 Å². The normalized spacial score (nSPS) is 12.2. The standard InChI is InChI=1S/C65H43N/c1-3-17-42(18-4-1)60-48-21-7-11-25-52(48)62(53-26-12-8-22-49(53)60)44-31-33-46(34-32-44)64-56-29-15-16-30-57(56)65(59-41-66-40-39-58(59)64)47-37-35-45(36-38-47)63-54-27-13-9-23-50(54)61(43-19-5-2-6-20-43)51-24-10-14-28-55(51)63/h1-39,41,66H,40H2. The highest BCUT2D eigenvalue weighted by molar-refractivity contribution is 6.23. The number of hydrogen-bond acceptors (Lipinski definition) is 1.